The second-order valence-corrected chi connectivity index (χ2v) is 15.0. The van der Waals surface area contributed by atoms with Crippen molar-refractivity contribution in [1.29, 1.82) is 0 Å². The molecule has 11 heteroatoms. The first-order valence-corrected chi connectivity index (χ1v) is 18.3. The van der Waals surface area contributed by atoms with E-state index in [1.54, 1.807) is 13.0 Å². The number of esters is 1. The van der Waals surface area contributed by atoms with E-state index in [-0.39, 0.29) is 42.4 Å². The quantitative estimate of drug-likeness (QED) is 0.115. The van der Waals surface area contributed by atoms with Crippen LogP contribution in [0.2, 0.25) is 0 Å². The fraction of sp³-hybridized carbons (Fsp3) is 0.537. The van der Waals surface area contributed by atoms with Crippen LogP contribution in [-0.4, -0.2) is 47.5 Å². The molecule has 0 N–H and O–H groups in total. The van der Waals surface area contributed by atoms with E-state index in [2.05, 4.69) is 0 Å². The third kappa shape index (κ3) is 8.84. The zero-order chi connectivity index (χ0) is 38.1. The second-order valence-electron chi connectivity index (χ2n) is 15.0. The molecular formula is C41H49F5N2O4. The number of aryl methyl sites for hydroxylation is 3. The molecule has 1 unspecified atom stereocenters. The number of rotatable bonds is 15. The molecule has 52 heavy (non-hydrogen) atoms. The van der Waals surface area contributed by atoms with Crippen LogP contribution >= 0.6 is 0 Å². The lowest BCUT2D eigenvalue weighted by Crippen LogP contribution is -2.39. The molecule has 2 aromatic carbocycles. The van der Waals surface area contributed by atoms with Crippen molar-refractivity contribution in [2.24, 2.45) is 5.92 Å². The van der Waals surface area contributed by atoms with Crippen LogP contribution in [0, 0.1) is 38.3 Å². The molecule has 2 atom stereocenters. The summed E-state index contributed by atoms with van der Waals surface area (Å²) in [5, 5.41) is 0. The van der Waals surface area contributed by atoms with Gasteiger partial charge in [0.25, 0.3) is 5.56 Å². The van der Waals surface area contributed by atoms with Crippen molar-refractivity contribution in [3.63, 3.8) is 0 Å². The molecule has 1 saturated carbocycles. The molecule has 5 rings (SSSR count). The van der Waals surface area contributed by atoms with Crippen molar-refractivity contribution in [3.8, 4) is 11.1 Å². The monoisotopic (exact) mass is 728 g/mol. The number of alkyl halides is 3. The molecule has 6 nitrogen and oxygen atoms in total. The predicted molar refractivity (Wildman–Crippen MR) is 191 cm³/mol. The van der Waals surface area contributed by atoms with Crippen LogP contribution in [0.4, 0.5) is 22.0 Å². The Morgan fingerprint density at radius 3 is 2.15 bits per heavy atom. The third-order valence-corrected chi connectivity index (χ3v) is 10.3. The van der Waals surface area contributed by atoms with Crippen molar-refractivity contribution in [2.75, 3.05) is 26.2 Å². The van der Waals surface area contributed by atoms with Gasteiger partial charge in [0, 0.05) is 42.3 Å². The number of ketones is 1. The maximum Gasteiger partial charge on any atom is 0.416 e. The van der Waals surface area contributed by atoms with Crippen LogP contribution < -0.4 is 5.56 Å². The van der Waals surface area contributed by atoms with E-state index in [0.717, 1.165) is 47.0 Å². The number of halogens is 5. The minimum absolute atomic E-state index is 0.0106. The van der Waals surface area contributed by atoms with Gasteiger partial charge in [-0.15, -0.1) is 0 Å². The van der Waals surface area contributed by atoms with E-state index < -0.39 is 71.1 Å². The molecular weight excluding hydrogens is 679 g/mol. The summed E-state index contributed by atoms with van der Waals surface area (Å²) in [6.45, 7) is 12.8. The van der Waals surface area contributed by atoms with Gasteiger partial charge in [0.15, 0.2) is 5.78 Å². The number of likely N-dealkylation sites (tertiary alicyclic amines) is 1. The summed E-state index contributed by atoms with van der Waals surface area (Å²) in [5.74, 6) is -4.67. The van der Waals surface area contributed by atoms with Crippen LogP contribution in [0.5, 0.6) is 0 Å². The average molecular weight is 729 g/mol. The zero-order valence-corrected chi connectivity index (χ0v) is 30.9. The molecule has 1 aliphatic carbocycles. The Balaban J connectivity index is 1.62. The summed E-state index contributed by atoms with van der Waals surface area (Å²) < 4.78 is 82.3. The lowest BCUT2D eigenvalue weighted by Gasteiger charge is -2.31. The molecule has 1 saturated heterocycles. The van der Waals surface area contributed by atoms with Crippen LogP contribution in [0.3, 0.4) is 0 Å². The number of aromatic nitrogens is 1. The standard InChI is InChI=1S/C41H49F5N2O4/c1-7-52-36(51)19-29(38-39(42)30(27-9-10-27)20-31(40(38)43)37-25(5)16-24(4)17-26(37)6)18-34(49)33(15-23(2)3)48-22-28(11-14-47-12-8-13-47)32(21-35(48)50)41(44,45)46/h16-17,20-23,27,29,33H,7-15,18-19H2,1-6H3/t29-,33?/m0/s1. The Hall–Kier alpha value is -3.86. The number of benzene rings is 2. The van der Waals surface area contributed by atoms with E-state index in [1.807, 2.05) is 51.7 Å². The Bertz CT molecular complexity index is 1850. The molecule has 1 aliphatic heterocycles. The van der Waals surface area contributed by atoms with Crippen molar-refractivity contribution in [1.82, 2.24) is 9.47 Å². The first-order valence-electron chi connectivity index (χ1n) is 18.3. The topological polar surface area (TPSA) is 68.6 Å². The van der Waals surface area contributed by atoms with Crippen molar-refractivity contribution in [2.45, 2.75) is 111 Å². The van der Waals surface area contributed by atoms with Gasteiger partial charge in [-0.1, -0.05) is 31.5 Å². The summed E-state index contributed by atoms with van der Waals surface area (Å²) in [6.07, 6.45) is -2.21. The molecule has 3 aromatic rings. The minimum atomic E-state index is -4.78. The number of ether oxygens (including phenoxy) is 1. The highest BCUT2D eigenvalue weighted by Crippen LogP contribution is 2.47. The molecule has 0 bridgehead atoms. The molecule has 2 fully saturated rings. The zero-order valence-electron chi connectivity index (χ0n) is 30.9. The molecule has 2 heterocycles. The van der Waals surface area contributed by atoms with Gasteiger partial charge in [0.1, 0.15) is 11.6 Å². The SMILES string of the molecule is CCOC(=O)C[C@H](CC(=O)C(CC(C)C)n1cc(CCN2CCC2)c(C(F)(F)F)cc1=O)c1c(F)c(-c2c(C)cc(C)cc2C)cc(C2CC2)c1F. The highest BCUT2D eigenvalue weighted by molar-refractivity contribution is 5.85. The summed E-state index contributed by atoms with van der Waals surface area (Å²) in [6, 6.07) is 4.68. The smallest absolute Gasteiger partial charge is 0.416 e. The number of Topliss-reactive ketones (excluding diaryl/α,β-unsaturated/α-hetero) is 1. The average Bonchev–Trinajstić information content (AvgIpc) is 3.85. The highest BCUT2D eigenvalue weighted by Gasteiger charge is 2.38. The van der Waals surface area contributed by atoms with Gasteiger partial charge < -0.3 is 14.2 Å². The van der Waals surface area contributed by atoms with E-state index in [9.17, 15) is 27.6 Å². The Morgan fingerprint density at radius 2 is 1.62 bits per heavy atom. The summed E-state index contributed by atoms with van der Waals surface area (Å²) in [7, 11) is 0. The Labute approximate surface area is 302 Å². The molecule has 0 radical (unpaired) electrons. The number of hydrogen-bond acceptors (Lipinski definition) is 5. The maximum atomic E-state index is 17.0. The summed E-state index contributed by atoms with van der Waals surface area (Å²) in [5.41, 5.74) is 1.12. The number of hydrogen-bond donors (Lipinski definition) is 0. The minimum Gasteiger partial charge on any atom is -0.466 e. The fourth-order valence-corrected chi connectivity index (χ4v) is 7.62. The summed E-state index contributed by atoms with van der Waals surface area (Å²) >= 11 is 0. The largest absolute Gasteiger partial charge is 0.466 e. The number of nitrogens with zero attached hydrogens (tertiary/aromatic N) is 2. The Kier molecular flexibility index (Phi) is 12.1. The second kappa shape index (κ2) is 16.0. The van der Waals surface area contributed by atoms with Crippen molar-refractivity contribution < 1.29 is 36.3 Å². The van der Waals surface area contributed by atoms with Crippen LogP contribution in [0.25, 0.3) is 11.1 Å². The Morgan fingerprint density at radius 1 is 0.962 bits per heavy atom. The van der Waals surface area contributed by atoms with Crippen LogP contribution in [0.15, 0.2) is 35.3 Å². The number of pyridine rings is 1. The lowest BCUT2D eigenvalue weighted by atomic mass is 9.82. The molecule has 0 amide bonds. The predicted octanol–water partition coefficient (Wildman–Crippen LogP) is 9.15. The van der Waals surface area contributed by atoms with Gasteiger partial charge in [-0.3, -0.25) is 14.4 Å². The van der Waals surface area contributed by atoms with Gasteiger partial charge in [0.2, 0.25) is 0 Å². The maximum absolute atomic E-state index is 17.0. The lowest BCUT2D eigenvalue weighted by molar-refractivity contribution is -0.143. The van der Waals surface area contributed by atoms with E-state index in [1.165, 1.54) is 0 Å². The normalized spacial score (nSPS) is 16.2. The van der Waals surface area contributed by atoms with E-state index in [0.29, 0.717) is 36.6 Å². The van der Waals surface area contributed by atoms with Gasteiger partial charge in [0.05, 0.1) is 24.6 Å². The van der Waals surface area contributed by atoms with E-state index >= 15 is 8.78 Å². The van der Waals surface area contributed by atoms with Crippen molar-refractivity contribution in [3.05, 3.63) is 91.4 Å². The number of carbonyl (C=O) groups is 2. The molecule has 1 aromatic heterocycles. The fourth-order valence-electron chi connectivity index (χ4n) is 7.62. The third-order valence-electron chi connectivity index (χ3n) is 10.3. The van der Waals surface area contributed by atoms with Crippen LogP contribution in [0.1, 0.15) is 116 Å². The van der Waals surface area contributed by atoms with Gasteiger partial charge in [-0.2, -0.15) is 13.2 Å². The van der Waals surface area contributed by atoms with Crippen molar-refractivity contribution >= 4 is 11.8 Å². The van der Waals surface area contributed by atoms with Gasteiger partial charge in [-0.05, 0) is 119 Å². The van der Waals surface area contributed by atoms with E-state index in [4.69, 9.17) is 4.74 Å². The first kappa shape index (κ1) is 39.3. The summed E-state index contributed by atoms with van der Waals surface area (Å²) in [4.78, 5) is 42.9. The first-order chi connectivity index (χ1) is 24.5. The van der Waals surface area contributed by atoms with Crippen LogP contribution in [-0.2, 0) is 26.9 Å². The number of carbonyl (C=O) groups excluding carboxylic acids is 2. The van der Waals surface area contributed by atoms with Gasteiger partial charge in [-0.25, -0.2) is 8.78 Å². The highest BCUT2D eigenvalue weighted by atomic mass is 19.4. The molecule has 2 aliphatic rings. The van der Waals surface area contributed by atoms with Gasteiger partial charge >= 0.3 is 12.1 Å². The molecule has 0 spiro atoms. The molecule has 282 valence electrons.